The maximum Gasteiger partial charge on any atom is 0.408 e. The number of aliphatic hydroxyl groups excluding tert-OH is 1. The molecule has 2 saturated carbocycles. The molecule has 0 bridgehead atoms. The highest BCUT2D eigenvalue weighted by molar-refractivity contribution is 5.97. The highest BCUT2D eigenvalue weighted by Gasteiger charge is 2.48. The lowest BCUT2D eigenvalue weighted by molar-refractivity contribution is -0.119. The van der Waals surface area contributed by atoms with Gasteiger partial charge in [-0.3, -0.25) is 9.89 Å². The van der Waals surface area contributed by atoms with Crippen LogP contribution in [0.3, 0.4) is 0 Å². The molecule has 0 spiro atoms. The van der Waals surface area contributed by atoms with E-state index >= 15 is 0 Å². The zero-order valence-corrected chi connectivity index (χ0v) is 21.1. The summed E-state index contributed by atoms with van der Waals surface area (Å²) in [5.41, 5.74) is 4.72. The zero-order chi connectivity index (χ0) is 25.1. The topological polar surface area (TPSA) is 116 Å². The number of nitrogens with one attached hydrogen (secondary N) is 3. The quantitative estimate of drug-likeness (QED) is 0.370. The number of anilines is 1. The number of carbonyl (C=O) groups excluding carboxylic acids is 2. The fraction of sp³-hybridized carbons (Fsp3) is 0.593. The molecule has 2 fully saturated rings. The van der Waals surface area contributed by atoms with Crippen LogP contribution in [0.1, 0.15) is 63.8 Å². The van der Waals surface area contributed by atoms with Crippen molar-refractivity contribution in [3.05, 3.63) is 35.7 Å². The highest BCUT2D eigenvalue weighted by Crippen LogP contribution is 2.51. The first-order chi connectivity index (χ1) is 16.7. The number of aryl methyl sites for hydroxylation is 2. The van der Waals surface area contributed by atoms with Crippen LogP contribution in [0.25, 0.3) is 11.1 Å². The summed E-state index contributed by atoms with van der Waals surface area (Å²) in [5.74, 6) is 0.873. The van der Waals surface area contributed by atoms with Crippen molar-refractivity contribution in [2.75, 3.05) is 5.32 Å². The van der Waals surface area contributed by atoms with E-state index in [1.807, 2.05) is 38.1 Å². The summed E-state index contributed by atoms with van der Waals surface area (Å²) in [7, 11) is 0. The standard InChI is InChI=1S/C27H38N4O4/c1-15(32)5-6-16(2)35-27(34)29-25(24(20-7-8-20)21-9-10-21)26(33)28-22-13-11-19(12-14-22)23-17(3)30-31-18(23)4/h11-16,20-21,24-25,32H,5-10H2,1-4H3,(H,28,33)(H,29,34)(H,30,31)/t15-,16-,25-/m0/s1. The van der Waals surface area contributed by atoms with Gasteiger partial charge in [0.25, 0.3) is 0 Å². The summed E-state index contributed by atoms with van der Waals surface area (Å²) >= 11 is 0. The summed E-state index contributed by atoms with van der Waals surface area (Å²) in [5, 5.41) is 22.7. The van der Waals surface area contributed by atoms with Crippen molar-refractivity contribution in [1.29, 1.82) is 0 Å². The number of aliphatic hydroxyl groups is 1. The minimum atomic E-state index is -0.635. The number of alkyl carbamates (subject to hydrolysis) is 1. The lowest BCUT2D eigenvalue weighted by Gasteiger charge is -2.28. The number of nitrogens with zero attached hydrogens (tertiary/aromatic N) is 1. The van der Waals surface area contributed by atoms with E-state index in [-0.39, 0.29) is 17.9 Å². The van der Waals surface area contributed by atoms with Gasteiger partial charge in [-0.15, -0.1) is 0 Å². The van der Waals surface area contributed by atoms with Crippen molar-refractivity contribution in [2.24, 2.45) is 17.8 Å². The molecule has 2 amide bonds. The predicted molar refractivity (Wildman–Crippen MR) is 135 cm³/mol. The maximum absolute atomic E-state index is 13.4. The Morgan fingerprint density at radius 3 is 2.23 bits per heavy atom. The van der Waals surface area contributed by atoms with Crippen molar-refractivity contribution in [2.45, 2.75) is 84.5 Å². The average Bonchev–Trinajstić information content (AvgIpc) is 3.73. The van der Waals surface area contributed by atoms with E-state index in [4.69, 9.17) is 4.74 Å². The largest absolute Gasteiger partial charge is 0.447 e. The molecule has 8 nitrogen and oxygen atoms in total. The van der Waals surface area contributed by atoms with Gasteiger partial charge in [0.2, 0.25) is 5.91 Å². The van der Waals surface area contributed by atoms with E-state index < -0.39 is 18.2 Å². The Hall–Kier alpha value is -2.87. The van der Waals surface area contributed by atoms with E-state index in [2.05, 4.69) is 20.8 Å². The second kappa shape index (κ2) is 10.8. The van der Waals surface area contributed by atoms with Crippen LogP contribution in [0, 0.1) is 31.6 Å². The molecule has 1 aromatic heterocycles. The number of aromatic amines is 1. The predicted octanol–water partition coefficient (Wildman–Crippen LogP) is 4.71. The Kier molecular flexibility index (Phi) is 7.79. The summed E-state index contributed by atoms with van der Waals surface area (Å²) in [6.07, 6.45) is 4.18. The van der Waals surface area contributed by atoms with Gasteiger partial charge in [-0.05, 0) is 102 Å². The van der Waals surface area contributed by atoms with Gasteiger partial charge in [0, 0.05) is 16.9 Å². The first-order valence-corrected chi connectivity index (χ1v) is 12.8. The molecule has 35 heavy (non-hydrogen) atoms. The number of amides is 2. The number of benzene rings is 1. The summed E-state index contributed by atoms with van der Waals surface area (Å²) in [4.78, 5) is 26.2. The minimum absolute atomic E-state index is 0.130. The molecule has 3 atom stereocenters. The van der Waals surface area contributed by atoms with Gasteiger partial charge in [0.1, 0.15) is 12.1 Å². The van der Waals surface area contributed by atoms with Crippen LogP contribution in [0.2, 0.25) is 0 Å². The first-order valence-electron chi connectivity index (χ1n) is 12.8. The Morgan fingerprint density at radius 1 is 1.09 bits per heavy atom. The molecular formula is C27H38N4O4. The van der Waals surface area contributed by atoms with Crippen molar-refractivity contribution >= 4 is 17.7 Å². The molecule has 2 aliphatic rings. The van der Waals surface area contributed by atoms with Crippen LogP contribution >= 0.6 is 0 Å². The summed E-state index contributed by atoms with van der Waals surface area (Å²) in [6.45, 7) is 7.47. The third-order valence-corrected chi connectivity index (χ3v) is 7.14. The third-order valence-electron chi connectivity index (χ3n) is 7.14. The molecule has 190 valence electrons. The molecule has 4 N–H and O–H groups in total. The number of rotatable bonds is 11. The molecule has 8 heteroatoms. The van der Waals surface area contributed by atoms with Gasteiger partial charge in [-0.25, -0.2) is 4.79 Å². The van der Waals surface area contributed by atoms with E-state index in [9.17, 15) is 14.7 Å². The summed E-state index contributed by atoms with van der Waals surface area (Å²) in [6, 6.07) is 7.08. The van der Waals surface area contributed by atoms with Gasteiger partial charge >= 0.3 is 6.09 Å². The SMILES string of the molecule is Cc1n[nH]c(C)c1-c1ccc(NC(=O)[C@@H](NC(=O)O[C@@H](C)CC[C@H](C)O)C(C2CC2)C2CC2)cc1. The number of carbonyl (C=O) groups is 2. The van der Waals surface area contributed by atoms with Crippen LogP contribution in [0.15, 0.2) is 24.3 Å². The van der Waals surface area contributed by atoms with Crippen molar-refractivity contribution in [3.8, 4) is 11.1 Å². The number of aromatic nitrogens is 2. The molecule has 4 rings (SSSR count). The second-order valence-corrected chi connectivity index (χ2v) is 10.4. The van der Waals surface area contributed by atoms with E-state index in [1.165, 1.54) is 0 Å². The molecule has 1 aromatic carbocycles. The van der Waals surface area contributed by atoms with Gasteiger partial charge in [-0.2, -0.15) is 5.10 Å². The van der Waals surface area contributed by atoms with Crippen LogP contribution in [-0.4, -0.2) is 45.6 Å². The smallest absolute Gasteiger partial charge is 0.408 e. The molecule has 0 aliphatic heterocycles. The molecule has 1 heterocycles. The van der Waals surface area contributed by atoms with Crippen LogP contribution in [-0.2, 0) is 9.53 Å². The van der Waals surface area contributed by atoms with Gasteiger partial charge in [0.05, 0.1) is 11.8 Å². The highest BCUT2D eigenvalue weighted by atomic mass is 16.6. The normalized spacial score (nSPS) is 18.1. The van der Waals surface area contributed by atoms with Gasteiger partial charge < -0.3 is 20.5 Å². The minimum Gasteiger partial charge on any atom is -0.447 e. The fourth-order valence-electron chi connectivity index (χ4n) is 5.02. The second-order valence-electron chi connectivity index (χ2n) is 10.4. The lowest BCUT2D eigenvalue weighted by Crippen LogP contribution is -2.50. The Balaban J connectivity index is 1.44. The third kappa shape index (κ3) is 6.63. The molecule has 0 saturated heterocycles. The number of H-pyrrole nitrogens is 1. The van der Waals surface area contributed by atoms with E-state index in [1.54, 1.807) is 13.8 Å². The first kappa shape index (κ1) is 25.2. The Morgan fingerprint density at radius 2 is 1.71 bits per heavy atom. The molecule has 0 unspecified atom stereocenters. The van der Waals surface area contributed by atoms with E-state index in [0.29, 0.717) is 30.4 Å². The zero-order valence-electron chi connectivity index (χ0n) is 21.1. The lowest BCUT2D eigenvalue weighted by atomic mass is 9.88. The fourth-order valence-corrected chi connectivity index (χ4v) is 5.02. The number of ether oxygens (including phenoxy) is 1. The Bertz CT molecular complexity index is 993. The number of hydrogen-bond acceptors (Lipinski definition) is 5. The molecule has 0 radical (unpaired) electrons. The van der Waals surface area contributed by atoms with Crippen LogP contribution < -0.4 is 10.6 Å². The average molecular weight is 483 g/mol. The maximum atomic E-state index is 13.4. The van der Waals surface area contributed by atoms with Crippen molar-refractivity contribution in [1.82, 2.24) is 15.5 Å². The van der Waals surface area contributed by atoms with Crippen molar-refractivity contribution in [3.63, 3.8) is 0 Å². The van der Waals surface area contributed by atoms with Gasteiger partial charge in [0.15, 0.2) is 0 Å². The number of hydrogen-bond donors (Lipinski definition) is 4. The monoisotopic (exact) mass is 482 g/mol. The Labute approximate surface area is 207 Å². The molecule has 2 aromatic rings. The van der Waals surface area contributed by atoms with Crippen LogP contribution in [0.5, 0.6) is 0 Å². The van der Waals surface area contributed by atoms with Gasteiger partial charge in [-0.1, -0.05) is 12.1 Å². The van der Waals surface area contributed by atoms with Crippen LogP contribution in [0.4, 0.5) is 10.5 Å². The molecule has 2 aliphatic carbocycles. The van der Waals surface area contributed by atoms with E-state index in [0.717, 1.165) is 48.2 Å². The molecular weight excluding hydrogens is 444 g/mol. The van der Waals surface area contributed by atoms with Crippen molar-refractivity contribution < 1.29 is 19.4 Å². The summed E-state index contributed by atoms with van der Waals surface area (Å²) < 4.78 is 5.51.